The number of ether oxygens (including phenoxy) is 1. The number of hydrogen-bond donors (Lipinski definition) is 1. The Bertz CT molecular complexity index is 664. The van der Waals surface area contributed by atoms with E-state index < -0.39 is 12.1 Å². The number of alkyl halides is 3. The zero-order chi connectivity index (χ0) is 15.6. The molecule has 0 saturated heterocycles. The van der Waals surface area contributed by atoms with Gasteiger partial charge < -0.3 is 14.6 Å². The van der Waals surface area contributed by atoms with Crippen LogP contribution in [0.4, 0.5) is 13.2 Å². The number of aryl methyl sites for hydroxylation is 1. The topological polar surface area (TPSA) is 56.1 Å². The van der Waals surface area contributed by atoms with Gasteiger partial charge in [-0.25, -0.2) is 4.98 Å². The first-order valence-electron chi connectivity index (χ1n) is 6.17. The van der Waals surface area contributed by atoms with Crippen LogP contribution in [-0.2, 0) is 18.3 Å². The zero-order valence-corrected chi connectivity index (χ0v) is 11.5. The summed E-state index contributed by atoms with van der Waals surface area (Å²) >= 11 is 0. The van der Waals surface area contributed by atoms with Gasteiger partial charge in [0.15, 0.2) is 0 Å². The molecule has 0 fully saturated rings. The summed E-state index contributed by atoms with van der Waals surface area (Å²) in [5.41, 5.74) is 1.53. The van der Waals surface area contributed by atoms with Crippen LogP contribution in [0.25, 0.3) is 11.0 Å². The lowest BCUT2D eigenvalue weighted by atomic mass is 10.3. The average Bonchev–Trinajstić information content (AvgIpc) is 2.74. The molecule has 0 radical (unpaired) electrons. The van der Waals surface area contributed by atoms with E-state index in [0.717, 1.165) is 5.52 Å². The van der Waals surface area contributed by atoms with Crippen molar-refractivity contribution in [2.75, 3.05) is 13.7 Å². The normalized spacial score (nSPS) is 11.7. The molecule has 0 aliphatic carbocycles. The fraction of sp³-hybridized carbons (Fsp3) is 0.385. The first-order valence-corrected chi connectivity index (χ1v) is 6.17. The summed E-state index contributed by atoms with van der Waals surface area (Å²) in [5, 5.41) is 1.82. The lowest BCUT2D eigenvalue weighted by molar-refractivity contribution is -0.173. The zero-order valence-electron chi connectivity index (χ0n) is 11.5. The number of imidazole rings is 1. The molecule has 8 heteroatoms. The predicted octanol–water partition coefficient (Wildman–Crippen LogP) is 1.80. The molecular weight excluding hydrogens is 287 g/mol. The average molecular weight is 301 g/mol. The first-order chi connectivity index (χ1) is 9.82. The van der Waals surface area contributed by atoms with Crippen LogP contribution >= 0.6 is 0 Å². The third kappa shape index (κ3) is 3.26. The summed E-state index contributed by atoms with van der Waals surface area (Å²) in [4.78, 5) is 15.0. The standard InChI is InChI=1S/C13H14F3N3O2/c1-19-10-4-3-8(21-2)7-9(10)18-11(19)5-6-17-12(20)13(14,15)16/h3-4,7H,5-6H2,1-2H3,(H,17,20). The van der Waals surface area contributed by atoms with Gasteiger partial charge in [0.05, 0.1) is 18.1 Å². The van der Waals surface area contributed by atoms with Crippen LogP contribution in [0.2, 0.25) is 0 Å². The molecule has 0 unspecified atom stereocenters. The van der Waals surface area contributed by atoms with E-state index in [1.165, 1.54) is 7.11 Å². The molecule has 0 saturated carbocycles. The number of benzene rings is 1. The molecule has 0 bridgehead atoms. The van der Waals surface area contributed by atoms with E-state index >= 15 is 0 Å². The predicted molar refractivity (Wildman–Crippen MR) is 70.0 cm³/mol. The fourth-order valence-corrected chi connectivity index (χ4v) is 1.97. The van der Waals surface area contributed by atoms with Gasteiger partial charge in [-0.2, -0.15) is 13.2 Å². The number of nitrogens with zero attached hydrogens (tertiary/aromatic N) is 2. The van der Waals surface area contributed by atoms with Crippen LogP contribution in [0.3, 0.4) is 0 Å². The highest BCUT2D eigenvalue weighted by Gasteiger charge is 2.38. The molecule has 114 valence electrons. The van der Waals surface area contributed by atoms with Crippen molar-refractivity contribution < 1.29 is 22.7 Å². The van der Waals surface area contributed by atoms with E-state index in [2.05, 4.69) is 4.98 Å². The van der Waals surface area contributed by atoms with Crippen molar-refractivity contribution in [2.24, 2.45) is 7.05 Å². The lowest BCUT2D eigenvalue weighted by Crippen LogP contribution is -2.38. The molecule has 5 nitrogen and oxygen atoms in total. The highest BCUT2D eigenvalue weighted by molar-refractivity contribution is 5.81. The molecule has 1 heterocycles. The number of methoxy groups -OCH3 is 1. The molecule has 0 atom stereocenters. The molecule has 2 rings (SSSR count). The molecule has 1 N–H and O–H groups in total. The molecule has 2 aromatic rings. The number of fused-ring (bicyclic) bond motifs is 1. The maximum atomic E-state index is 12.1. The second-order valence-electron chi connectivity index (χ2n) is 4.45. The Morgan fingerprint density at radius 1 is 1.43 bits per heavy atom. The van der Waals surface area contributed by atoms with Crippen LogP contribution in [0.5, 0.6) is 5.75 Å². The van der Waals surface area contributed by atoms with Gasteiger partial charge in [0.25, 0.3) is 0 Å². The largest absolute Gasteiger partial charge is 0.497 e. The number of aromatic nitrogens is 2. The summed E-state index contributed by atoms with van der Waals surface area (Å²) in [6.07, 6.45) is -4.66. The van der Waals surface area contributed by atoms with Gasteiger partial charge in [-0.05, 0) is 12.1 Å². The van der Waals surface area contributed by atoms with E-state index in [9.17, 15) is 18.0 Å². The van der Waals surface area contributed by atoms with Crippen molar-refractivity contribution in [3.05, 3.63) is 24.0 Å². The van der Waals surface area contributed by atoms with Crippen LogP contribution in [0.1, 0.15) is 5.82 Å². The quantitative estimate of drug-likeness (QED) is 0.937. The van der Waals surface area contributed by atoms with Gasteiger partial charge >= 0.3 is 12.1 Å². The maximum Gasteiger partial charge on any atom is 0.471 e. The summed E-state index contributed by atoms with van der Waals surface area (Å²) in [6.45, 7) is -0.132. The minimum absolute atomic E-state index is 0.132. The second kappa shape index (κ2) is 5.63. The van der Waals surface area contributed by atoms with Crippen LogP contribution in [0.15, 0.2) is 18.2 Å². The minimum Gasteiger partial charge on any atom is -0.497 e. The summed E-state index contributed by atoms with van der Waals surface area (Å²) in [6, 6.07) is 5.34. The molecule has 0 aliphatic rings. The number of amides is 1. The van der Waals surface area contributed by atoms with Crippen LogP contribution in [0, 0.1) is 0 Å². The third-order valence-corrected chi connectivity index (χ3v) is 3.07. The Balaban J connectivity index is 2.09. The number of carbonyl (C=O) groups is 1. The van der Waals surface area contributed by atoms with Gasteiger partial charge in [-0.3, -0.25) is 4.79 Å². The summed E-state index contributed by atoms with van der Waals surface area (Å²) in [5.74, 6) is -0.707. The van der Waals surface area contributed by atoms with Crippen molar-refractivity contribution in [2.45, 2.75) is 12.6 Å². The van der Waals surface area contributed by atoms with E-state index in [1.807, 2.05) is 11.4 Å². The van der Waals surface area contributed by atoms with Gasteiger partial charge in [-0.15, -0.1) is 0 Å². The maximum absolute atomic E-state index is 12.1. The van der Waals surface area contributed by atoms with E-state index in [-0.39, 0.29) is 13.0 Å². The molecule has 0 aliphatic heterocycles. The Hall–Kier alpha value is -2.25. The van der Waals surface area contributed by atoms with Gasteiger partial charge in [0, 0.05) is 26.1 Å². The van der Waals surface area contributed by atoms with E-state index in [4.69, 9.17) is 4.74 Å². The number of hydrogen-bond acceptors (Lipinski definition) is 3. The molecule has 1 amide bonds. The van der Waals surface area contributed by atoms with Crippen LogP contribution in [-0.4, -0.2) is 35.3 Å². The minimum atomic E-state index is -4.86. The number of carbonyl (C=O) groups excluding carboxylic acids is 1. The van der Waals surface area contributed by atoms with Crippen molar-refractivity contribution in [1.82, 2.24) is 14.9 Å². The lowest BCUT2D eigenvalue weighted by Gasteiger charge is -2.07. The number of nitrogens with one attached hydrogen (secondary N) is 1. The summed E-state index contributed by atoms with van der Waals surface area (Å²) in [7, 11) is 3.31. The molecule has 21 heavy (non-hydrogen) atoms. The first kappa shape index (κ1) is 15.1. The monoisotopic (exact) mass is 301 g/mol. The number of rotatable bonds is 4. The Morgan fingerprint density at radius 2 is 2.14 bits per heavy atom. The Labute approximate surface area is 118 Å². The Kier molecular flexibility index (Phi) is 4.06. The van der Waals surface area contributed by atoms with Gasteiger partial charge in [-0.1, -0.05) is 0 Å². The van der Waals surface area contributed by atoms with Crippen molar-refractivity contribution in [1.29, 1.82) is 0 Å². The van der Waals surface area contributed by atoms with E-state index in [1.54, 1.807) is 23.7 Å². The molecular formula is C13H14F3N3O2. The highest BCUT2D eigenvalue weighted by atomic mass is 19.4. The summed E-state index contributed by atoms with van der Waals surface area (Å²) < 4.78 is 43.0. The third-order valence-electron chi connectivity index (χ3n) is 3.07. The molecule has 0 spiro atoms. The van der Waals surface area contributed by atoms with Crippen molar-refractivity contribution >= 4 is 16.9 Å². The SMILES string of the molecule is COc1ccc2c(c1)nc(CCNC(=O)C(F)(F)F)n2C. The Morgan fingerprint density at radius 3 is 2.76 bits per heavy atom. The highest BCUT2D eigenvalue weighted by Crippen LogP contribution is 2.21. The van der Waals surface area contributed by atoms with Gasteiger partial charge in [0.2, 0.25) is 0 Å². The van der Waals surface area contributed by atoms with E-state index in [0.29, 0.717) is 17.1 Å². The van der Waals surface area contributed by atoms with Crippen molar-refractivity contribution in [3.63, 3.8) is 0 Å². The number of halogens is 3. The second-order valence-corrected chi connectivity index (χ2v) is 4.45. The van der Waals surface area contributed by atoms with Crippen LogP contribution < -0.4 is 10.1 Å². The van der Waals surface area contributed by atoms with Crippen molar-refractivity contribution in [3.8, 4) is 5.75 Å². The molecule has 1 aromatic heterocycles. The smallest absolute Gasteiger partial charge is 0.471 e. The molecule has 1 aromatic carbocycles. The van der Waals surface area contributed by atoms with Gasteiger partial charge in [0.1, 0.15) is 11.6 Å². The fourth-order valence-electron chi connectivity index (χ4n) is 1.97.